The second kappa shape index (κ2) is 7.48. The number of halogens is 1. The van der Waals surface area contributed by atoms with E-state index in [4.69, 9.17) is 4.98 Å². The molecule has 2 aromatic rings. The highest BCUT2D eigenvalue weighted by molar-refractivity contribution is 5.40. The standard InChI is InChI=1S/C20H27FN4/c1-14(2)20-22-15(3)13-19(23-20)25-11-9-24(10-12-25)16(4)17-7-5-6-8-18(17)21/h5-8,13-14,16H,9-12H2,1-4H3. The number of rotatable bonds is 4. The number of hydrogen-bond donors (Lipinski definition) is 0. The summed E-state index contributed by atoms with van der Waals surface area (Å²) in [5.41, 5.74) is 1.78. The molecule has 4 nitrogen and oxygen atoms in total. The van der Waals surface area contributed by atoms with Crippen molar-refractivity contribution in [2.45, 2.75) is 39.7 Å². The first-order valence-electron chi connectivity index (χ1n) is 9.04. The first kappa shape index (κ1) is 17.8. The number of nitrogens with zero attached hydrogens (tertiary/aromatic N) is 4. The second-order valence-corrected chi connectivity index (χ2v) is 7.10. The first-order chi connectivity index (χ1) is 12.0. The summed E-state index contributed by atoms with van der Waals surface area (Å²) in [4.78, 5) is 13.9. The molecule has 25 heavy (non-hydrogen) atoms. The van der Waals surface area contributed by atoms with Crippen molar-refractivity contribution < 1.29 is 4.39 Å². The molecular formula is C20H27FN4. The molecule has 1 aliphatic heterocycles. The monoisotopic (exact) mass is 342 g/mol. The van der Waals surface area contributed by atoms with Gasteiger partial charge in [-0.2, -0.15) is 0 Å². The maximum absolute atomic E-state index is 14.0. The highest BCUT2D eigenvalue weighted by Gasteiger charge is 2.24. The van der Waals surface area contributed by atoms with Gasteiger partial charge in [0.2, 0.25) is 0 Å². The van der Waals surface area contributed by atoms with Crippen LogP contribution >= 0.6 is 0 Å². The quantitative estimate of drug-likeness (QED) is 0.843. The van der Waals surface area contributed by atoms with Crippen molar-refractivity contribution in [1.82, 2.24) is 14.9 Å². The lowest BCUT2D eigenvalue weighted by atomic mass is 10.1. The zero-order valence-electron chi connectivity index (χ0n) is 15.5. The molecule has 2 heterocycles. The van der Waals surface area contributed by atoms with E-state index in [9.17, 15) is 4.39 Å². The van der Waals surface area contributed by atoms with Crippen LogP contribution in [0.4, 0.5) is 10.2 Å². The van der Waals surface area contributed by atoms with Crippen LogP contribution < -0.4 is 4.90 Å². The van der Waals surface area contributed by atoms with Crippen LogP contribution in [0.25, 0.3) is 0 Å². The Kier molecular flexibility index (Phi) is 5.33. The lowest BCUT2D eigenvalue weighted by molar-refractivity contribution is 0.194. The number of aromatic nitrogens is 2. The molecule has 1 atom stereocenters. The predicted octanol–water partition coefficient (Wildman–Crippen LogP) is 3.93. The van der Waals surface area contributed by atoms with Gasteiger partial charge in [-0.15, -0.1) is 0 Å². The molecule has 0 amide bonds. The van der Waals surface area contributed by atoms with Gasteiger partial charge in [0, 0.05) is 55.5 Å². The highest BCUT2D eigenvalue weighted by Crippen LogP contribution is 2.25. The normalized spacial score (nSPS) is 17.1. The molecule has 1 aromatic carbocycles. The molecule has 1 fully saturated rings. The van der Waals surface area contributed by atoms with E-state index in [1.54, 1.807) is 12.1 Å². The zero-order chi connectivity index (χ0) is 18.0. The Morgan fingerprint density at radius 2 is 1.68 bits per heavy atom. The van der Waals surface area contributed by atoms with E-state index in [0.29, 0.717) is 5.92 Å². The number of hydrogen-bond acceptors (Lipinski definition) is 4. The van der Waals surface area contributed by atoms with Crippen molar-refractivity contribution in [3.8, 4) is 0 Å². The number of benzene rings is 1. The Labute approximate surface area is 149 Å². The fourth-order valence-electron chi connectivity index (χ4n) is 3.34. The third kappa shape index (κ3) is 3.98. The van der Waals surface area contributed by atoms with Crippen LogP contribution in [0.1, 0.15) is 49.8 Å². The number of piperazine rings is 1. The molecule has 1 aliphatic rings. The van der Waals surface area contributed by atoms with Gasteiger partial charge in [0.1, 0.15) is 17.5 Å². The summed E-state index contributed by atoms with van der Waals surface area (Å²) in [6.07, 6.45) is 0. The molecule has 0 spiro atoms. The minimum absolute atomic E-state index is 0.0849. The second-order valence-electron chi connectivity index (χ2n) is 7.10. The summed E-state index contributed by atoms with van der Waals surface area (Å²) in [5.74, 6) is 2.11. The van der Waals surface area contributed by atoms with E-state index in [2.05, 4.69) is 41.6 Å². The zero-order valence-corrected chi connectivity index (χ0v) is 15.5. The lowest BCUT2D eigenvalue weighted by Crippen LogP contribution is -2.47. The van der Waals surface area contributed by atoms with E-state index in [0.717, 1.165) is 49.1 Å². The molecular weight excluding hydrogens is 315 g/mol. The van der Waals surface area contributed by atoms with Gasteiger partial charge in [0.15, 0.2) is 0 Å². The van der Waals surface area contributed by atoms with E-state index in [1.165, 1.54) is 0 Å². The molecule has 134 valence electrons. The van der Waals surface area contributed by atoms with Crippen LogP contribution in [0.3, 0.4) is 0 Å². The SMILES string of the molecule is Cc1cc(N2CCN(C(C)c3ccccc3F)CC2)nc(C(C)C)n1. The van der Waals surface area contributed by atoms with Crippen molar-refractivity contribution in [2.75, 3.05) is 31.1 Å². The molecule has 1 aromatic heterocycles. The van der Waals surface area contributed by atoms with Crippen LogP contribution in [0.5, 0.6) is 0 Å². The average Bonchev–Trinajstić information content (AvgIpc) is 2.61. The number of aryl methyl sites for hydroxylation is 1. The minimum Gasteiger partial charge on any atom is -0.354 e. The molecule has 0 aliphatic carbocycles. The Hall–Kier alpha value is -2.01. The third-order valence-corrected chi connectivity index (χ3v) is 4.92. The van der Waals surface area contributed by atoms with E-state index in [-0.39, 0.29) is 11.9 Å². The van der Waals surface area contributed by atoms with Crippen LogP contribution in [0.2, 0.25) is 0 Å². The van der Waals surface area contributed by atoms with Gasteiger partial charge in [-0.25, -0.2) is 14.4 Å². The third-order valence-electron chi connectivity index (χ3n) is 4.92. The van der Waals surface area contributed by atoms with Crippen LogP contribution in [0.15, 0.2) is 30.3 Å². The molecule has 1 saturated heterocycles. The molecule has 0 saturated carbocycles. The summed E-state index contributed by atoms with van der Waals surface area (Å²) >= 11 is 0. The van der Waals surface area contributed by atoms with Crippen LogP contribution in [-0.4, -0.2) is 41.0 Å². The topological polar surface area (TPSA) is 32.3 Å². The van der Waals surface area contributed by atoms with Gasteiger partial charge in [-0.1, -0.05) is 32.0 Å². The van der Waals surface area contributed by atoms with Gasteiger partial charge in [-0.3, -0.25) is 4.90 Å². The Morgan fingerprint density at radius 1 is 1.00 bits per heavy atom. The molecule has 5 heteroatoms. The van der Waals surface area contributed by atoms with E-state index < -0.39 is 0 Å². The Bertz CT molecular complexity index is 723. The van der Waals surface area contributed by atoms with Gasteiger partial charge in [-0.05, 0) is 19.9 Å². The van der Waals surface area contributed by atoms with Crippen molar-refractivity contribution in [2.24, 2.45) is 0 Å². The lowest BCUT2D eigenvalue weighted by Gasteiger charge is -2.39. The van der Waals surface area contributed by atoms with E-state index in [1.807, 2.05) is 19.1 Å². The Morgan fingerprint density at radius 3 is 2.32 bits per heavy atom. The summed E-state index contributed by atoms with van der Waals surface area (Å²) in [6.45, 7) is 11.9. The van der Waals surface area contributed by atoms with Crippen LogP contribution in [-0.2, 0) is 0 Å². The highest BCUT2D eigenvalue weighted by atomic mass is 19.1. The van der Waals surface area contributed by atoms with Gasteiger partial charge >= 0.3 is 0 Å². The van der Waals surface area contributed by atoms with Gasteiger partial charge in [0.05, 0.1) is 0 Å². The largest absolute Gasteiger partial charge is 0.354 e. The maximum atomic E-state index is 14.0. The molecule has 3 rings (SSSR count). The summed E-state index contributed by atoms with van der Waals surface area (Å²) < 4.78 is 14.0. The fourth-order valence-corrected chi connectivity index (χ4v) is 3.34. The van der Waals surface area contributed by atoms with Crippen molar-refractivity contribution in [3.63, 3.8) is 0 Å². The van der Waals surface area contributed by atoms with Crippen molar-refractivity contribution >= 4 is 5.82 Å². The smallest absolute Gasteiger partial charge is 0.133 e. The first-order valence-corrected chi connectivity index (χ1v) is 9.04. The summed E-state index contributed by atoms with van der Waals surface area (Å²) in [7, 11) is 0. The van der Waals surface area contributed by atoms with E-state index >= 15 is 0 Å². The fraction of sp³-hybridized carbons (Fsp3) is 0.500. The van der Waals surface area contributed by atoms with Gasteiger partial charge in [0.25, 0.3) is 0 Å². The molecule has 0 N–H and O–H groups in total. The molecule has 0 bridgehead atoms. The van der Waals surface area contributed by atoms with Crippen LogP contribution in [0, 0.1) is 12.7 Å². The summed E-state index contributed by atoms with van der Waals surface area (Å²) in [6, 6.07) is 9.22. The predicted molar refractivity (Wildman–Crippen MR) is 99.5 cm³/mol. The van der Waals surface area contributed by atoms with Crippen molar-refractivity contribution in [3.05, 3.63) is 53.2 Å². The molecule has 1 unspecified atom stereocenters. The minimum atomic E-state index is -0.120. The maximum Gasteiger partial charge on any atom is 0.133 e. The molecule has 0 radical (unpaired) electrons. The van der Waals surface area contributed by atoms with Gasteiger partial charge < -0.3 is 4.90 Å². The summed E-state index contributed by atoms with van der Waals surface area (Å²) in [5, 5.41) is 0. The number of anilines is 1. The average molecular weight is 342 g/mol. The van der Waals surface area contributed by atoms with Crippen molar-refractivity contribution in [1.29, 1.82) is 0 Å². The Balaban J connectivity index is 1.69.